The molecule has 7 heteroatoms. The van der Waals surface area contributed by atoms with E-state index in [4.69, 9.17) is 14.2 Å². The fourth-order valence-corrected chi connectivity index (χ4v) is 8.84. The van der Waals surface area contributed by atoms with E-state index in [1.807, 2.05) is 0 Å². The van der Waals surface area contributed by atoms with Crippen LogP contribution in [-0.4, -0.2) is 42.5 Å². The van der Waals surface area contributed by atoms with Gasteiger partial charge in [-0.15, -0.1) is 0 Å². The summed E-state index contributed by atoms with van der Waals surface area (Å²) in [5, 5.41) is 0. The number of carbonyl (C=O) groups excluding carboxylic acids is 4. The number of hydrogen-bond donors (Lipinski definition) is 0. The third-order valence-corrected chi connectivity index (χ3v) is 10.2. The molecule has 1 aliphatic heterocycles. The zero-order valence-corrected chi connectivity index (χ0v) is 20.6. The molecule has 0 aromatic carbocycles. The van der Waals surface area contributed by atoms with Crippen molar-refractivity contribution in [1.82, 2.24) is 0 Å². The van der Waals surface area contributed by atoms with E-state index in [-0.39, 0.29) is 40.6 Å². The van der Waals surface area contributed by atoms with Crippen LogP contribution in [0.5, 0.6) is 0 Å². The molecule has 0 amide bonds. The second-order valence-corrected chi connectivity index (χ2v) is 11.9. The summed E-state index contributed by atoms with van der Waals surface area (Å²) >= 11 is 0. The Morgan fingerprint density at radius 3 is 2.35 bits per heavy atom. The molecule has 7 nitrogen and oxygen atoms in total. The van der Waals surface area contributed by atoms with Crippen LogP contribution in [-0.2, 0) is 33.4 Å². The molecule has 0 saturated heterocycles. The van der Waals surface area contributed by atoms with E-state index in [1.165, 1.54) is 13.8 Å². The van der Waals surface area contributed by atoms with Crippen LogP contribution >= 0.6 is 0 Å². The molecule has 9 atom stereocenters. The van der Waals surface area contributed by atoms with Crippen LogP contribution in [0.25, 0.3) is 0 Å². The van der Waals surface area contributed by atoms with E-state index in [1.54, 1.807) is 6.08 Å². The van der Waals surface area contributed by atoms with E-state index >= 15 is 0 Å². The SMILES string of the molecule is CC(=O)O[C@@H]1C[C@@H]2CC[C@@H]3[C@H](CC[C@]4(C)[C@@H](C5=CC(=O)OC5)CC(=O)[C@@H]34)[C@@]2(C)C[C@H]1OC(C)=O. The monoisotopic (exact) mass is 472 g/mol. The van der Waals surface area contributed by atoms with Crippen molar-refractivity contribution in [1.29, 1.82) is 0 Å². The average molecular weight is 473 g/mol. The first kappa shape index (κ1) is 23.6. The minimum absolute atomic E-state index is 0.0102. The van der Waals surface area contributed by atoms with Crippen molar-refractivity contribution in [2.45, 2.75) is 84.8 Å². The summed E-state index contributed by atoms with van der Waals surface area (Å²) in [6.07, 6.45) is 6.53. The molecule has 0 aromatic heterocycles. The highest BCUT2D eigenvalue weighted by atomic mass is 16.6. The van der Waals surface area contributed by atoms with Crippen molar-refractivity contribution in [2.24, 2.45) is 40.4 Å². The number of ketones is 1. The van der Waals surface area contributed by atoms with Gasteiger partial charge in [0.15, 0.2) is 0 Å². The van der Waals surface area contributed by atoms with Gasteiger partial charge in [0.1, 0.15) is 24.6 Å². The van der Waals surface area contributed by atoms with E-state index < -0.39 is 12.2 Å². The smallest absolute Gasteiger partial charge is 0.331 e. The standard InChI is InChI=1S/C27H36O7/c1-14(28)33-22-10-17-5-6-18-19(27(17,4)12-23(22)34-15(2)29)7-8-26(3)20(11-21(30)25(18)26)16-9-24(31)32-13-16/h9,17-20,22-23,25H,5-8,10-13H2,1-4H3/t17-,18+,19-,20+,22+,23+,25+,26+,27-/m0/s1. The third-order valence-electron chi connectivity index (χ3n) is 10.2. The molecule has 34 heavy (non-hydrogen) atoms. The summed E-state index contributed by atoms with van der Waals surface area (Å²) in [4.78, 5) is 48.8. The number of rotatable bonds is 3. The molecule has 4 aliphatic carbocycles. The van der Waals surface area contributed by atoms with E-state index in [0.29, 0.717) is 49.4 Å². The van der Waals surface area contributed by atoms with Gasteiger partial charge in [0.2, 0.25) is 0 Å². The molecule has 0 radical (unpaired) electrons. The lowest BCUT2D eigenvalue weighted by molar-refractivity contribution is -0.194. The van der Waals surface area contributed by atoms with E-state index in [0.717, 1.165) is 31.3 Å². The molecule has 5 rings (SSSR count). The highest BCUT2D eigenvalue weighted by molar-refractivity contribution is 5.88. The van der Waals surface area contributed by atoms with Crippen LogP contribution in [0, 0.1) is 40.4 Å². The molecular weight excluding hydrogens is 436 g/mol. The fraction of sp³-hybridized carbons (Fsp3) is 0.778. The molecule has 186 valence electrons. The van der Waals surface area contributed by atoms with Gasteiger partial charge in [0, 0.05) is 32.3 Å². The Kier molecular flexibility index (Phi) is 5.68. The van der Waals surface area contributed by atoms with Crippen LogP contribution in [0.2, 0.25) is 0 Å². The van der Waals surface area contributed by atoms with Gasteiger partial charge in [-0.2, -0.15) is 0 Å². The summed E-state index contributed by atoms with van der Waals surface area (Å²) < 4.78 is 16.5. The maximum absolute atomic E-state index is 13.5. The summed E-state index contributed by atoms with van der Waals surface area (Å²) in [5.41, 5.74) is 0.759. The second-order valence-electron chi connectivity index (χ2n) is 11.9. The molecule has 1 heterocycles. The number of hydrogen-bond acceptors (Lipinski definition) is 7. The highest BCUT2D eigenvalue weighted by Crippen LogP contribution is 2.67. The minimum atomic E-state index is -0.450. The lowest BCUT2D eigenvalue weighted by Gasteiger charge is -2.61. The van der Waals surface area contributed by atoms with Gasteiger partial charge in [0.25, 0.3) is 0 Å². The lowest BCUT2D eigenvalue weighted by atomic mass is 9.44. The maximum atomic E-state index is 13.5. The van der Waals surface area contributed by atoms with Crippen LogP contribution in [0.1, 0.15) is 72.6 Å². The van der Waals surface area contributed by atoms with Crippen LogP contribution in [0.3, 0.4) is 0 Å². The molecular formula is C27H36O7. The van der Waals surface area contributed by atoms with E-state index in [9.17, 15) is 19.2 Å². The first-order valence-corrected chi connectivity index (χ1v) is 12.8. The number of ether oxygens (including phenoxy) is 3. The van der Waals surface area contributed by atoms with Crippen molar-refractivity contribution in [3.05, 3.63) is 11.6 Å². The Morgan fingerprint density at radius 1 is 1.00 bits per heavy atom. The Hall–Kier alpha value is -2.18. The zero-order chi connectivity index (χ0) is 24.4. The number of esters is 3. The summed E-state index contributed by atoms with van der Waals surface area (Å²) in [7, 11) is 0. The summed E-state index contributed by atoms with van der Waals surface area (Å²) in [6, 6.07) is 0. The molecule has 0 N–H and O–H groups in total. The van der Waals surface area contributed by atoms with Crippen molar-refractivity contribution < 1.29 is 33.4 Å². The van der Waals surface area contributed by atoms with Gasteiger partial charge < -0.3 is 14.2 Å². The maximum Gasteiger partial charge on any atom is 0.331 e. The average Bonchev–Trinajstić information content (AvgIpc) is 3.28. The van der Waals surface area contributed by atoms with Gasteiger partial charge in [-0.1, -0.05) is 13.8 Å². The van der Waals surface area contributed by atoms with Crippen LogP contribution < -0.4 is 0 Å². The predicted molar refractivity (Wildman–Crippen MR) is 121 cm³/mol. The molecule has 4 saturated carbocycles. The molecule has 4 fully saturated rings. The van der Waals surface area contributed by atoms with Gasteiger partial charge in [-0.25, -0.2) is 4.79 Å². The Bertz CT molecular complexity index is 953. The van der Waals surface area contributed by atoms with Crippen LogP contribution in [0.4, 0.5) is 0 Å². The van der Waals surface area contributed by atoms with Gasteiger partial charge in [-0.3, -0.25) is 14.4 Å². The predicted octanol–water partition coefficient (Wildman–Crippen LogP) is 3.78. The third kappa shape index (κ3) is 3.61. The molecule has 0 unspecified atom stereocenters. The quantitative estimate of drug-likeness (QED) is 0.456. The fourth-order valence-electron chi connectivity index (χ4n) is 8.84. The Morgan fingerprint density at radius 2 is 1.71 bits per heavy atom. The Balaban J connectivity index is 1.42. The number of cyclic esters (lactones) is 1. The van der Waals surface area contributed by atoms with Crippen molar-refractivity contribution >= 4 is 23.7 Å². The topological polar surface area (TPSA) is 96.0 Å². The largest absolute Gasteiger partial charge is 0.459 e. The lowest BCUT2D eigenvalue weighted by Crippen LogP contribution is -2.58. The summed E-state index contributed by atoms with van der Waals surface area (Å²) in [6.45, 7) is 7.67. The number of fused-ring (bicyclic) bond motifs is 5. The van der Waals surface area contributed by atoms with Gasteiger partial charge in [-0.05, 0) is 78.6 Å². The number of Topliss-reactive ketones (excluding diaryl/α,β-unsaturated/α-hetero) is 1. The Labute approximate surface area is 200 Å². The van der Waals surface area contributed by atoms with E-state index in [2.05, 4.69) is 13.8 Å². The molecule has 5 aliphatic rings. The van der Waals surface area contributed by atoms with Gasteiger partial charge >= 0.3 is 17.9 Å². The molecule has 0 bridgehead atoms. The first-order chi connectivity index (χ1) is 16.0. The van der Waals surface area contributed by atoms with Crippen molar-refractivity contribution in [2.75, 3.05) is 6.61 Å². The first-order valence-electron chi connectivity index (χ1n) is 12.8. The summed E-state index contributed by atoms with van der Waals surface area (Å²) in [5.74, 6) is 0.415. The molecule has 0 spiro atoms. The minimum Gasteiger partial charge on any atom is -0.459 e. The normalized spacial score (nSPS) is 45.4. The zero-order valence-electron chi connectivity index (χ0n) is 20.6. The van der Waals surface area contributed by atoms with Gasteiger partial charge in [0.05, 0.1) is 0 Å². The van der Waals surface area contributed by atoms with Crippen LogP contribution in [0.15, 0.2) is 11.6 Å². The molecule has 0 aromatic rings. The van der Waals surface area contributed by atoms with Crippen molar-refractivity contribution in [3.8, 4) is 0 Å². The highest BCUT2D eigenvalue weighted by Gasteiger charge is 2.64. The number of carbonyl (C=O) groups is 4. The van der Waals surface area contributed by atoms with Crippen molar-refractivity contribution in [3.63, 3.8) is 0 Å². The second kappa shape index (κ2) is 8.20.